The number of carbonyl (C=O) groups is 1. The van der Waals surface area contributed by atoms with Gasteiger partial charge in [0.05, 0.1) is 0 Å². The number of halogens is 1. The highest BCUT2D eigenvalue weighted by Gasteiger charge is 2.12. The highest BCUT2D eigenvalue weighted by molar-refractivity contribution is 7.80. The van der Waals surface area contributed by atoms with E-state index in [-0.39, 0.29) is 18.2 Å². The number of isocyanates is 1. The average Bonchev–Trinajstić information content (AvgIpc) is 1.82. The van der Waals surface area contributed by atoms with Gasteiger partial charge in [0.15, 0.2) is 6.04 Å². The van der Waals surface area contributed by atoms with Crippen molar-refractivity contribution in [1.82, 2.24) is 0 Å². The molecule has 0 radical (unpaired) electrons. The number of aliphatic carboxylic acids is 1. The van der Waals surface area contributed by atoms with Crippen LogP contribution in [0.15, 0.2) is 4.99 Å². The first-order chi connectivity index (χ1) is 4.22. The van der Waals surface area contributed by atoms with Gasteiger partial charge in [0, 0.05) is 5.75 Å². The summed E-state index contributed by atoms with van der Waals surface area (Å²) in [5, 5.41) is 8.18. The molecular weight excluding hydrogens is 178 g/mol. The first-order valence-electron chi connectivity index (χ1n) is 2.13. The molecule has 0 amide bonds. The monoisotopic (exact) mass is 183 g/mol. The number of aliphatic imine (C=N–C) groups is 1. The molecule has 0 fully saturated rings. The number of hydrogen-bond acceptors (Lipinski definition) is 4. The fourth-order valence-electron chi connectivity index (χ4n) is 0.238. The van der Waals surface area contributed by atoms with Crippen LogP contribution < -0.4 is 0 Å². The van der Waals surface area contributed by atoms with Gasteiger partial charge in [0.25, 0.3) is 0 Å². The Kier molecular flexibility index (Phi) is 8.06. The second-order valence-corrected chi connectivity index (χ2v) is 1.62. The standard InChI is InChI=1S/C4H5NO3S.ClH/c6-2-5-3(1-9)4(7)8;/h3,9H,1H2,(H,7,8);1H. The van der Waals surface area contributed by atoms with E-state index in [2.05, 4.69) is 17.6 Å². The summed E-state index contributed by atoms with van der Waals surface area (Å²) in [4.78, 5) is 22.4. The van der Waals surface area contributed by atoms with E-state index in [4.69, 9.17) is 5.11 Å². The lowest BCUT2D eigenvalue weighted by Crippen LogP contribution is -2.18. The molecule has 0 bridgehead atoms. The minimum absolute atomic E-state index is 0. The normalized spacial score (nSPS) is 10.5. The quantitative estimate of drug-likeness (QED) is 0.371. The van der Waals surface area contributed by atoms with Crippen LogP contribution in [0, 0.1) is 0 Å². The molecule has 0 rings (SSSR count). The van der Waals surface area contributed by atoms with Gasteiger partial charge in [-0.2, -0.15) is 17.6 Å². The van der Waals surface area contributed by atoms with E-state index in [1.165, 1.54) is 0 Å². The maximum absolute atomic E-state index is 10.00. The van der Waals surface area contributed by atoms with Gasteiger partial charge >= 0.3 is 5.97 Å². The molecule has 0 aliphatic heterocycles. The molecule has 0 spiro atoms. The summed E-state index contributed by atoms with van der Waals surface area (Å²) in [6.45, 7) is 0. The first kappa shape index (κ1) is 12.2. The van der Waals surface area contributed by atoms with Crippen molar-refractivity contribution in [2.24, 2.45) is 4.99 Å². The Morgan fingerprint density at radius 1 is 1.80 bits per heavy atom. The van der Waals surface area contributed by atoms with Crippen molar-refractivity contribution in [3.63, 3.8) is 0 Å². The van der Waals surface area contributed by atoms with Gasteiger partial charge in [-0.25, -0.2) is 9.59 Å². The van der Waals surface area contributed by atoms with Gasteiger partial charge in [0.2, 0.25) is 6.08 Å². The fourth-order valence-corrected chi connectivity index (χ4v) is 0.476. The molecule has 1 atom stereocenters. The van der Waals surface area contributed by atoms with Crippen LogP contribution in [0.2, 0.25) is 0 Å². The number of rotatable bonds is 3. The lowest BCUT2D eigenvalue weighted by atomic mass is 10.4. The van der Waals surface area contributed by atoms with E-state index in [1.54, 1.807) is 0 Å². The molecule has 0 saturated heterocycles. The molecule has 0 aliphatic rings. The number of thiol groups is 1. The molecule has 0 heterocycles. The summed E-state index contributed by atoms with van der Waals surface area (Å²) in [6, 6.07) is -1.05. The van der Waals surface area contributed by atoms with E-state index >= 15 is 0 Å². The van der Waals surface area contributed by atoms with Crippen LogP contribution in [0.4, 0.5) is 0 Å². The molecule has 4 nitrogen and oxygen atoms in total. The Labute approximate surface area is 69.2 Å². The molecule has 0 aromatic rings. The molecule has 1 unspecified atom stereocenters. The Balaban J connectivity index is 0. The number of carbonyl (C=O) groups excluding carboxylic acids is 1. The molecule has 0 aliphatic carbocycles. The van der Waals surface area contributed by atoms with Crippen LogP contribution in [0.3, 0.4) is 0 Å². The minimum atomic E-state index is -1.16. The fraction of sp³-hybridized carbons (Fsp3) is 0.500. The number of carboxylic acid groups (broad SMARTS) is 1. The SMILES string of the molecule is Cl.O=C=NC(CS)C(=O)O. The van der Waals surface area contributed by atoms with Crippen LogP contribution in [0.25, 0.3) is 0 Å². The van der Waals surface area contributed by atoms with E-state index < -0.39 is 12.0 Å². The van der Waals surface area contributed by atoms with Crippen LogP contribution in [0.5, 0.6) is 0 Å². The number of hydrogen-bond donors (Lipinski definition) is 2. The second kappa shape index (κ2) is 6.61. The third-order valence-electron chi connectivity index (χ3n) is 0.667. The Morgan fingerprint density at radius 2 is 2.30 bits per heavy atom. The van der Waals surface area contributed by atoms with Crippen LogP contribution in [-0.4, -0.2) is 29.0 Å². The molecule has 6 heteroatoms. The van der Waals surface area contributed by atoms with Crippen LogP contribution in [0.1, 0.15) is 0 Å². The van der Waals surface area contributed by atoms with Crippen LogP contribution in [-0.2, 0) is 9.59 Å². The molecule has 58 valence electrons. The molecule has 1 N–H and O–H groups in total. The predicted molar refractivity (Wildman–Crippen MR) is 40.6 cm³/mol. The van der Waals surface area contributed by atoms with Gasteiger partial charge in [-0.3, -0.25) is 0 Å². The lowest BCUT2D eigenvalue weighted by molar-refractivity contribution is -0.137. The van der Waals surface area contributed by atoms with Crippen molar-refractivity contribution in [1.29, 1.82) is 0 Å². The van der Waals surface area contributed by atoms with Crippen molar-refractivity contribution in [3.05, 3.63) is 0 Å². The maximum atomic E-state index is 10.00. The van der Waals surface area contributed by atoms with Gasteiger partial charge in [-0.05, 0) is 0 Å². The molecule has 0 aromatic heterocycles. The summed E-state index contributed by atoms with van der Waals surface area (Å²) in [6.07, 6.45) is 1.15. The third-order valence-corrected chi connectivity index (χ3v) is 1.01. The zero-order valence-electron chi connectivity index (χ0n) is 4.85. The smallest absolute Gasteiger partial charge is 0.330 e. The van der Waals surface area contributed by atoms with E-state index in [1.807, 2.05) is 0 Å². The van der Waals surface area contributed by atoms with E-state index in [0.717, 1.165) is 6.08 Å². The van der Waals surface area contributed by atoms with Gasteiger partial charge < -0.3 is 5.11 Å². The Hall–Kier alpha value is -0.510. The Bertz CT molecular complexity index is 155. The van der Waals surface area contributed by atoms with Gasteiger partial charge in [0.1, 0.15) is 0 Å². The van der Waals surface area contributed by atoms with Crippen LogP contribution >= 0.6 is 25.0 Å². The molecular formula is C4H6ClNO3S. The van der Waals surface area contributed by atoms with Gasteiger partial charge in [-0.15, -0.1) is 12.4 Å². The summed E-state index contributed by atoms with van der Waals surface area (Å²) >= 11 is 3.64. The first-order valence-corrected chi connectivity index (χ1v) is 2.76. The summed E-state index contributed by atoms with van der Waals surface area (Å²) in [7, 11) is 0. The maximum Gasteiger partial charge on any atom is 0.330 e. The third kappa shape index (κ3) is 4.38. The average molecular weight is 184 g/mol. The number of nitrogens with zero attached hydrogens (tertiary/aromatic N) is 1. The van der Waals surface area contributed by atoms with Gasteiger partial charge in [-0.1, -0.05) is 0 Å². The molecule has 10 heavy (non-hydrogen) atoms. The largest absolute Gasteiger partial charge is 0.480 e. The second-order valence-electron chi connectivity index (χ2n) is 1.26. The summed E-state index contributed by atoms with van der Waals surface area (Å²) in [5.41, 5.74) is 0. The van der Waals surface area contributed by atoms with Crippen molar-refractivity contribution in [2.75, 3.05) is 5.75 Å². The lowest BCUT2D eigenvalue weighted by Gasteiger charge is -1.96. The van der Waals surface area contributed by atoms with Crippen molar-refractivity contribution in [3.8, 4) is 0 Å². The Morgan fingerprint density at radius 3 is 2.40 bits per heavy atom. The summed E-state index contributed by atoms with van der Waals surface area (Å²) in [5.74, 6) is -1.14. The highest BCUT2D eigenvalue weighted by atomic mass is 35.5. The van der Waals surface area contributed by atoms with E-state index in [0.29, 0.717) is 0 Å². The zero-order chi connectivity index (χ0) is 7.28. The molecule has 0 aromatic carbocycles. The minimum Gasteiger partial charge on any atom is -0.480 e. The van der Waals surface area contributed by atoms with E-state index in [9.17, 15) is 9.59 Å². The summed E-state index contributed by atoms with van der Waals surface area (Å²) < 4.78 is 0. The van der Waals surface area contributed by atoms with Crippen molar-refractivity contribution in [2.45, 2.75) is 6.04 Å². The molecule has 0 saturated carbocycles. The highest BCUT2D eigenvalue weighted by Crippen LogP contribution is 1.91. The van der Waals surface area contributed by atoms with Crippen molar-refractivity contribution >= 4 is 37.1 Å². The topological polar surface area (TPSA) is 66.7 Å². The number of carboxylic acids is 1. The van der Waals surface area contributed by atoms with Crippen molar-refractivity contribution < 1.29 is 14.7 Å². The predicted octanol–water partition coefficient (Wildman–Crippen LogP) is 0.127. The zero-order valence-corrected chi connectivity index (χ0v) is 6.56.